The van der Waals surface area contributed by atoms with E-state index in [1.54, 1.807) is 18.0 Å². The quantitative estimate of drug-likeness (QED) is 0.467. The highest BCUT2D eigenvalue weighted by molar-refractivity contribution is 7.99. The molecular formula is C20H21ClN2O5S. The third kappa shape index (κ3) is 8.25. The average molecular weight is 437 g/mol. The van der Waals surface area contributed by atoms with E-state index in [2.05, 4.69) is 34.6 Å². The van der Waals surface area contributed by atoms with Crippen LogP contribution in [-0.4, -0.2) is 52.9 Å². The van der Waals surface area contributed by atoms with Crippen molar-refractivity contribution in [2.24, 2.45) is 0 Å². The van der Waals surface area contributed by atoms with Crippen molar-refractivity contribution < 1.29 is 24.5 Å². The van der Waals surface area contributed by atoms with E-state index in [9.17, 15) is 9.59 Å². The van der Waals surface area contributed by atoms with E-state index in [4.69, 9.17) is 26.6 Å². The van der Waals surface area contributed by atoms with Crippen molar-refractivity contribution in [1.29, 1.82) is 0 Å². The SMILES string of the molecule is Clc1cccnc1S[C@@H](c1ccccc1)[C@@H]1CNCCO1.O=C(O)/C=C/C(=O)O. The Morgan fingerprint density at radius 3 is 2.41 bits per heavy atom. The van der Waals surface area contributed by atoms with Crippen LogP contribution >= 0.6 is 23.4 Å². The summed E-state index contributed by atoms with van der Waals surface area (Å²) >= 11 is 7.92. The Balaban J connectivity index is 0.000000321. The summed E-state index contributed by atoms with van der Waals surface area (Å²) in [7, 11) is 0. The van der Waals surface area contributed by atoms with Gasteiger partial charge in [-0.2, -0.15) is 0 Å². The van der Waals surface area contributed by atoms with Gasteiger partial charge in [0.2, 0.25) is 0 Å². The number of pyridine rings is 1. The number of morpholine rings is 1. The molecule has 0 spiro atoms. The fraction of sp³-hybridized carbons (Fsp3) is 0.250. The number of thioether (sulfide) groups is 1. The number of aliphatic carboxylic acids is 2. The molecule has 2 aromatic rings. The topological polar surface area (TPSA) is 109 Å². The normalized spacial score (nSPS) is 17.2. The maximum atomic E-state index is 9.55. The molecule has 2 heterocycles. The predicted octanol–water partition coefficient (Wildman–Crippen LogP) is 3.27. The van der Waals surface area contributed by atoms with Crippen LogP contribution < -0.4 is 5.32 Å². The monoisotopic (exact) mass is 436 g/mol. The average Bonchev–Trinajstić information content (AvgIpc) is 2.73. The molecule has 9 heteroatoms. The molecule has 29 heavy (non-hydrogen) atoms. The van der Waals surface area contributed by atoms with Crippen LogP contribution in [0.15, 0.2) is 65.8 Å². The third-order valence-electron chi connectivity index (χ3n) is 3.75. The second-order valence-electron chi connectivity index (χ2n) is 5.86. The molecule has 7 nitrogen and oxygen atoms in total. The highest BCUT2D eigenvalue weighted by Crippen LogP contribution is 2.40. The van der Waals surface area contributed by atoms with Crippen LogP contribution in [0.5, 0.6) is 0 Å². The van der Waals surface area contributed by atoms with E-state index in [-0.39, 0.29) is 11.4 Å². The van der Waals surface area contributed by atoms with Crippen LogP contribution in [0.1, 0.15) is 10.8 Å². The van der Waals surface area contributed by atoms with Gasteiger partial charge in [-0.1, -0.05) is 53.7 Å². The molecule has 2 atom stereocenters. The summed E-state index contributed by atoms with van der Waals surface area (Å²) in [5, 5.41) is 20.7. The van der Waals surface area contributed by atoms with E-state index < -0.39 is 11.9 Å². The molecule has 0 radical (unpaired) electrons. The molecular weight excluding hydrogens is 416 g/mol. The van der Waals surface area contributed by atoms with Gasteiger partial charge in [0.05, 0.1) is 23.0 Å². The molecule has 0 bridgehead atoms. The first-order valence-corrected chi connectivity index (χ1v) is 10.0. The number of rotatable bonds is 6. The molecule has 0 aliphatic carbocycles. The molecule has 0 saturated carbocycles. The summed E-state index contributed by atoms with van der Waals surface area (Å²) in [5.41, 5.74) is 1.23. The van der Waals surface area contributed by atoms with Gasteiger partial charge in [-0.15, -0.1) is 0 Å². The number of ether oxygens (including phenoxy) is 1. The lowest BCUT2D eigenvalue weighted by molar-refractivity contribution is -0.134. The summed E-state index contributed by atoms with van der Waals surface area (Å²) in [5.74, 6) is -2.51. The number of benzene rings is 1. The number of aromatic nitrogens is 1. The van der Waals surface area contributed by atoms with Crippen molar-refractivity contribution in [2.75, 3.05) is 19.7 Å². The van der Waals surface area contributed by atoms with Crippen LogP contribution in [0, 0.1) is 0 Å². The number of carboxylic acid groups (broad SMARTS) is 2. The summed E-state index contributed by atoms with van der Waals surface area (Å²) < 4.78 is 5.95. The molecule has 1 aliphatic rings. The number of hydrogen-bond acceptors (Lipinski definition) is 6. The minimum absolute atomic E-state index is 0.115. The van der Waals surface area contributed by atoms with Crippen LogP contribution in [-0.2, 0) is 14.3 Å². The standard InChI is InChI=1S/C16H17ClN2OS.C4H4O4/c17-13-7-4-8-19-16(13)21-15(12-5-2-1-3-6-12)14-11-18-9-10-20-14;5-3(6)1-2-4(7)8/h1-8,14-15,18H,9-11H2;1-2H,(H,5,6)(H,7,8)/b;2-1+/t14-,15-;/m0./s1. The third-order valence-corrected chi connectivity index (χ3v) is 5.55. The predicted molar refractivity (Wildman–Crippen MR) is 111 cm³/mol. The fourth-order valence-corrected chi connectivity index (χ4v) is 3.92. The molecule has 3 N–H and O–H groups in total. The lowest BCUT2D eigenvalue weighted by Crippen LogP contribution is -2.41. The van der Waals surface area contributed by atoms with Gasteiger partial charge in [-0.3, -0.25) is 0 Å². The summed E-state index contributed by atoms with van der Waals surface area (Å²) in [6.07, 6.45) is 3.00. The highest BCUT2D eigenvalue weighted by Gasteiger charge is 2.27. The second kappa shape index (κ2) is 12.2. The van der Waals surface area contributed by atoms with E-state index in [1.165, 1.54) is 5.56 Å². The van der Waals surface area contributed by atoms with Crippen molar-refractivity contribution in [1.82, 2.24) is 10.3 Å². The summed E-state index contributed by atoms with van der Waals surface area (Å²) in [6, 6.07) is 14.1. The minimum atomic E-state index is -1.26. The lowest BCUT2D eigenvalue weighted by Gasteiger charge is -2.30. The molecule has 1 fully saturated rings. The second-order valence-corrected chi connectivity index (χ2v) is 7.40. The maximum Gasteiger partial charge on any atom is 0.328 e. The molecule has 1 saturated heterocycles. The molecule has 1 aromatic carbocycles. The lowest BCUT2D eigenvalue weighted by atomic mass is 10.1. The van der Waals surface area contributed by atoms with Crippen molar-refractivity contribution in [2.45, 2.75) is 16.4 Å². The Morgan fingerprint density at radius 1 is 1.17 bits per heavy atom. The van der Waals surface area contributed by atoms with Gasteiger partial charge in [0.25, 0.3) is 0 Å². The van der Waals surface area contributed by atoms with Gasteiger partial charge in [-0.25, -0.2) is 14.6 Å². The molecule has 154 valence electrons. The van der Waals surface area contributed by atoms with Crippen molar-refractivity contribution in [3.05, 3.63) is 71.4 Å². The van der Waals surface area contributed by atoms with Gasteiger partial charge in [0.1, 0.15) is 5.03 Å². The van der Waals surface area contributed by atoms with E-state index in [0.29, 0.717) is 17.2 Å². The molecule has 0 unspecified atom stereocenters. The molecule has 3 rings (SSSR count). The first-order valence-electron chi connectivity index (χ1n) is 8.75. The van der Waals surface area contributed by atoms with Gasteiger partial charge in [0.15, 0.2) is 0 Å². The van der Waals surface area contributed by atoms with Gasteiger partial charge in [-0.05, 0) is 17.7 Å². The number of carboxylic acids is 2. The largest absolute Gasteiger partial charge is 0.478 e. The van der Waals surface area contributed by atoms with Crippen LogP contribution in [0.25, 0.3) is 0 Å². The van der Waals surface area contributed by atoms with E-state index in [1.807, 2.05) is 18.2 Å². The van der Waals surface area contributed by atoms with E-state index >= 15 is 0 Å². The first kappa shape index (κ1) is 22.9. The Labute approximate surface area is 177 Å². The van der Waals surface area contributed by atoms with Gasteiger partial charge >= 0.3 is 11.9 Å². The van der Waals surface area contributed by atoms with Crippen LogP contribution in [0.2, 0.25) is 5.02 Å². The van der Waals surface area contributed by atoms with Crippen molar-refractivity contribution in [3.8, 4) is 0 Å². The zero-order valence-corrected chi connectivity index (χ0v) is 17.0. The smallest absolute Gasteiger partial charge is 0.328 e. The van der Waals surface area contributed by atoms with Crippen LogP contribution in [0.3, 0.4) is 0 Å². The van der Waals surface area contributed by atoms with Crippen molar-refractivity contribution in [3.63, 3.8) is 0 Å². The zero-order valence-electron chi connectivity index (χ0n) is 15.4. The Hall–Kier alpha value is -2.39. The van der Waals surface area contributed by atoms with Gasteiger partial charge < -0.3 is 20.3 Å². The number of nitrogens with zero attached hydrogens (tertiary/aromatic N) is 1. The van der Waals surface area contributed by atoms with Crippen LogP contribution in [0.4, 0.5) is 0 Å². The number of hydrogen-bond donors (Lipinski definition) is 3. The van der Waals surface area contributed by atoms with E-state index in [0.717, 1.165) is 24.7 Å². The number of halogens is 1. The number of nitrogens with one attached hydrogen (secondary N) is 1. The maximum absolute atomic E-state index is 9.55. The summed E-state index contributed by atoms with van der Waals surface area (Å²) in [4.78, 5) is 23.5. The Morgan fingerprint density at radius 2 is 1.86 bits per heavy atom. The highest BCUT2D eigenvalue weighted by atomic mass is 35.5. The number of carbonyl (C=O) groups is 2. The Kier molecular flexibility index (Phi) is 9.66. The molecule has 1 aromatic heterocycles. The van der Waals surface area contributed by atoms with Crippen molar-refractivity contribution >= 4 is 35.3 Å². The molecule has 1 aliphatic heterocycles. The fourth-order valence-electron chi connectivity index (χ4n) is 2.50. The summed E-state index contributed by atoms with van der Waals surface area (Å²) in [6.45, 7) is 2.49. The zero-order chi connectivity index (χ0) is 21.1. The first-order chi connectivity index (χ1) is 14.0. The Bertz CT molecular complexity index is 813. The molecule has 0 amide bonds. The minimum Gasteiger partial charge on any atom is -0.478 e. The van der Waals surface area contributed by atoms with Gasteiger partial charge in [0, 0.05) is 31.4 Å².